The van der Waals surface area contributed by atoms with Crippen LogP contribution in [0.2, 0.25) is 0 Å². The van der Waals surface area contributed by atoms with Crippen LogP contribution >= 0.6 is 0 Å². The molecule has 5 heteroatoms. The summed E-state index contributed by atoms with van der Waals surface area (Å²) in [6.45, 7) is 5.37. The van der Waals surface area contributed by atoms with Crippen LogP contribution in [0.4, 0.5) is 13.2 Å². The summed E-state index contributed by atoms with van der Waals surface area (Å²) < 4.78 is 37.4. The first-order chi connectivity index (χ1) is 7.44. The largest absolute Gasteiger partial charge is 0.401 e. The Hall–Kier alpha value is -0.290. The average Bonchev–Trinajstić information content (AvgIpc) is 2.16. The standard InChI is InChI=1S/C11H21F3N2/c1-3-6-16(8-11(12,13)14)10-4-5-15-7-9(10)2/h9-10,15H,3-8H2,1-2H3. The van der Waals surface area contributed by atoms with E-state index in [-0.39, 0.29) is 6.04 Å². The van der Waals surface area contributed by atoms with Gasteiger partial charge in [-0.15, -0.1) is 0 Å². The van der Waals surface area contributed by atoms with E-state index in [0.29, 0.717) is 12.5 Å². The molecule has 1 saturated heterocycles. The lowest BCUT2D eigenvalue weighted by molar-refractivity contribution is -0.154. The number of nitrogens with one attached hydrogen (secondary N) is 1. The van der Waals surface area contributed by atoms with Gasteiger partial charge in [0.15, 0.2) is 0 Å². The van der Waals surface area contributed by atoms with Gasteiger partial charge in [0.2, 0.25) is 0 Å². The van der Waals surface area contributed by atoms with Crippen LogP contribution in [0.25, 0.3) is 0 Å². The fourth-order valence-electron chi connectivity index (χ4n) is 2.42. The van der Waals surface area contributed by atoms with Crippen molar-refractivity contribution in [2.75, 3.05) is 26.2 Å². The van der Waals surface area contributed by atoms with Gasteiger partial charge < -0.3 is 5.32 Å². The molecule has 96 valence electrons. The molecular weight excluding hydrogens is 217 g/mol. The summed E-state index contributed by atoms with van der Waals surface area (Å²) in [5.74, 6) is 0.294. The number of hydrogen-bond donors (Lipinski definition) is 1. The second kappa shape index (κ2) is 5.87. The molecule has 0 spiro atoms. The van der Waals surface area contributed by atoms with Gasteiger partial charge in [0.25, 0.3) is 0 Å². The minimum Gasteiger partial charge on any atom is -0.316 e. The number of rotatable bonds is 4. The number of piperidine rings is 1. The highest BCUT2D eigenvalue weighted by atomic mass is 19.4. The summed E-state index contributed by atoms with van der Waals surface area (Å²) in [6, 6.07) is 0.0721. The molecule has 2 nitrogen and oxygen atoms in total. The van der Waals surface area contributed by atoms with Crippen molar-refractivity contribution in [1.82, 2.24) is 10.2 Å². The van der Waals surface area contributed by atoms with E-state index in [4.69, 9.17) is 0 Å². The van der Waals surface area contributed by atoms with E-state index in [9.17, 15) is 13.2 Å². The van der Waals surface area contributed by atoms with Crippen LogP contribution in [0.15, 0.2) is 0 Å². The summed E-state index contributed by atoms with van der Waals surface area (Å²) in [5, 5.41) is 3.22. The SMILES string of the molecule is CCCN(CC(F)(F)F)C1CCNCC1C. The molecule has 1 rings (SSSR count). The molecule has 0 aliphatic carbocycles. The quantitative estimate of drug-likeness (QED) is 0.808. The van der Waals surface area contributed by atoms with E-state index in [0.717, 1.165) is 25.9 Å². The molecule has 1 N–H and O–H groups in total. The van der Waals surface area contributed by atoms with Crippen molar-refractivity contribution in [2.24, 2.45) is 5.92 Å². The molecule has 2 unspecified atom stereocenters. The zero-order valence-electron chi connectivity index (χ0n) is 9.98. The normalized spacial score (nSPS) is 27.4. The van der Waals surface area contributed by atoms with Crippen LogP contribution in [-0.4, -0.2) is 43.3 Å². The number of alkyl halides is 3. The van der Waals surface area contributed by atoms with Gasteiger partial charge in [-0.3, -0.25) is 4.90 Å². The Bertz CT molecular complexity index is 206. The number of hydrogen-bond acceptors (Lipinski definition) is 2. The zero-order chi connectivity index (χ0) is 12.2. The monoisotopic (exact) mass is 238 g/mol. The second-order valence-electron chi connectivity index (χ2n) is 4.62. The second-order valence-corrected chi connectivity index (χ2v) is 4.62. The van der Waals surface area contributed by atoms with Gasteiger partial charge in [-0.2, -0.15) is 13.2 Å². The summed E-state index contributed by atoms with van der Waals surface area (Å²) >= 11 is 0. The van der Waals surface area contributed by atoms with Crippen molar-refractivity contribution in [1.29, 1.82) is 0 Å². The maximum absolute atomic E-state index is 12.5. The van der Waals surface area contributed by atoms with Crippen LogP contribution in [0.3, 0.4) is 0 Å². The highest BCUT2D eigenvalue weighted by Crippen LogP contribution is 2.23. The zero-order valence-corrected chi connectivity index (χ0v) is 9.98. The first kappa shape index (κ1) is 13.8. The van der Waals surface area contributed by atoms with Crippen molar-refractivity contribution in [3.8, 4) is 0 Å². The smallest absolute Gasteiger partial charge is 0.316 e. The van der Waals surface area contributed by atoms with Crippen LogP contribution < -0.4 is 5.32 Å². The maximum Gasteiger partial charge on any atom is 0.401 e. The topological polar surface area (TPSA) is 15.3 Å². The van der Waals surface area contributed by atoms with E-state index in [2.05, 4.69) is 5.32 Å². The molecule has 0 radical (unpaired) electrons. The van der Waals surface area contributed by atoms with E-state index in [1.54, 1.807) is 4.90 Å². The van der Waals surface area contributed by atoms with Gasteiger partial charge in [0.1, 0.15) is 0 Å². The molecule has 1 aliphatic rings. The van der Waals surface area contributed by atoms with Gasteiger partial charge >= 0.3 is 6.18 Å². The molecule has 0 bridgehead atoms. The van der Waals surface area contributed by atoms with E-state index < -0.39 is 12.7 Å². The molecule has 1 heterocycles. The Morgan fingerprint density at radius 2 is 2.06 bits per heavy atom. The minimum atomic E-state index is -4.08. The fourth-order valence-corrected chi connectivity index (χ4v) is 2.42. The van der Waals surface area contributed by atoms with E-state index in [1.807, 2.05) is 13.8 Å². The van der Waals surface area contributed by atoms with Crippen molar-refractivity contribution in [3.63, 3.8) is 0 Å². The summed E-state index contributed by atoms with van der Waals surface area (Å²) in [5.41, 5.74) is 0. The highest BCUT2D eigenvalue weighted by molar-refractivity contribution is 4.84. The van der Waals surface area contributed by atoms with Gasteiger partial charge in [0, 0.05) is 6.04 Å². The molecule has 1 aliphatic heterocycles. The predicted octanol–water partition coefficient (Wildman–Crippen LogP) is 2.26. The third-order valence-corrected chi connectivity index (χ3v) is 3.10. The minimum absolute atomic E-state index is 0.0721. The molecule has 2 atom stereocenters. The Morgan fingerprint density at radius 3 is 2.56 bits per heavy atom. The van der Waals surface area contributed by atoms with Crippen LogP contribution in [0, 0.1) is 5.92 Å². The molecular formula is C11H21F3N2. The molecule has 1 fully saturated rings. The van der Waals surface area contributed by atoms with Gasteiger partial charge in [-0.1, -0.05) is 13.8 Å². The predicted molar refractivity (Wildman–Crippen MR) is 58.4 cm³/mol. The Labute approximate surface area is 95.2 Å². The van der Waals surface area contributed by atoms with Crippen molar-refractivity contribution in [3.05, 3.63) is 0 Å². The van der Waals surface area contributed by atoms with Gasteiger partial charge in [-0.25, -0.2) is 0 Å². The maximum atomic E-state index is 12.5. The average molecular weight is 238 g/mol. The lowest BCUT2D eigenvalue weighted by Gasteiger charge is -2.39. The third-order valence-electron chi connectivity index (χ3n) is 3.10. The van der Waals surface area contributed by atoms with Crippen LogP contribution in [0.5, 0.6) is 0 Å². The molecule has 0 aromatic heterocycles. The highest BCUT2D eigenvalue weighted by Gasteiger charge is 2.35. The number of halogens is 3. The number of nitrogens with zero attached hydrogens (tertiary/aromatic N) is 1. The molecule has 0 saturated carbocycles. The fraction of sp³-hybridized carbons (Fsp3) is 1.00. The van der Waals surface area contributed by atoms with E-state index in [1.165, 1.54) is 0 Å². The van der Waals surface area contributed by atoms with Crippen LogP contribution in [-0.2, 0) is 0 Å². The van der Waals surface area contributed by atoms with Crippen LogP contribution in [0.1, 0.15) is 26.7 Å². The first-order valence-corrected chi connectivity index (χ1v) is 5.95. The first-order valence-electron chi connectivity index (χ1n) is 5.95. The molecule has 0 aromatic rings. The molecule has 0 aromatic carbocycles. The summed E-state index contributed by atoms with van der Waals surface area (Å²) in [4.78, 5) is 1.60. The summed E-state index contributed by atoms with van der Waals surface area (Å²) in [7, 11) is 0. The lowest BCUT2D eigenvalue weighted by Crippen LogP contribution is -2.51. The Kier molecular flexibility index (Phi) is 5.05. The Morgan fingerprint density at radius 1 is 1.38 bits per heavy atom. The Balaban J connectivity index is 2.60. The van der Waals surface area contributed by atoms with Gasteiger partial charge in [-0.05, 0) is 38.4 Å². The van der Waals surface area contributed by atoms with Crippen molar-refractivity contribution >= 4 is 0 Å². The summed E-state index contributed by atoms with van der Waals surface area (Å²) in [6.07, 6.45) is -2.50. The van der Waals surface area contributed by atoms with Crippen molar-refractivity contribution < 1.29 is 13.2 Å². The third kappa shape index (κ3) is 4.29. The molecule has 16 heavy (non-hydrogen) atoms. The molecule has 0 amide bonds. The van der Waals surface area contributed by atoms with E-state index >= 15 is 0 Å². The lowest BCUT2D eigenvalue weighted by atomic mass is 9.93. The van der Waals surface area contributed by atoms with Crippen molar-refractivity contribution in [2.45, 2.75) is 38.9 Å². The van der Waals surface area contributed by atoms with Gasteiger partial charge in [0.05, 0.1) is 6.54 Å².